The molecule has 0 bridgehead atoms. The van der Waals surface area contributed by atoms with Gasteiger partial charge in [0.15, 0.2) is 6.04 Å². The molecule has 1 aromatic carbocycles. The number of nitrogens with one attached hydrogen (secondary N) is 2. The molecule has 150 valence electrons. The molecule has 28 heavy (non-hydrogen) atoms. The van der Waals surface area contributed by atoms with E-state index in [1.807, 2.05) is 0 Å². The maximum absolute atomic E-state index is 12.4. The number of carboxylic acids is 2. The molecule has 1 aliphatic heterocycles. The van der Waals surface area contributed by atoms with Gasteiger partial charge in [0.05, 0.1) is 0 Å². The molecule has 0 saturated carbocycles. The van der Waals surface area contributed by atoms with Gasteiger partial charge in [-0.2, -0.15) is 0 Å². The first-order chi connectivity index (χ1) is 13.2. The van der Waals surface area contributed by atoms with Crippen LogP contribution >= 0.6 is 11.8 Å². The Hall–Kier alpha value is -2.98. The molecule has 1 aliphatic rings. The fourth-order valence-electron chi connectivity index (χ4n) is 2.58. The van der Waals surface area contributed by atoms with Crippen LogP contribution in [-0.4, -0.2) is 50.3 Å². The molecule has 2 rings (SSSR count). The Labute approximate surface area is 165 Å². The minimum Gasteiger partial charge on any atom is -0.508 e. The average molecular weight is 407 g/mol. The second-order valence-corrected chi connectivity index (χ2v) is 7.10. The number of rotatable bonds is 7. The molecule has 9 nitrogen and oxygen atoms in total. The largest absolute Gasteiger partial charge is 0.508 e. The van der Waals surface area contributed by atoms with E-state index in [1.54, 1.807) is 19.1 Å². The van der Waals surface area contributed by atoms with E-state index in [-0.39, 0.29) is 17.2 Å². The van der Waals surface area contributed by atoms with E-state index < -0.39 is 35.3 Å². The number of amides is 1. The molecule has 1 amide bonds. The van der Waals surface area contributed by atoms with Crippen LogP contribution in [0.2, 0.25) is 0 Å². The lowest BCUT2D eigenvalue weighted by atomic mass is 10.1. The van der Waals surface area contributed by atoms with Gasteiger partial charge in [-0.05, 0) is 30.2 Å². The lowest BCUT2D eigenvalue weighted by Gasteiger charge is -2.31. The van der Waals surface area contributed by atoms with Gasteiger partial charge in [0.1, 0.15) is 22.9 Å². The predicted molar refractivity (Wildman–Crippen MR) is 103 cm³/mol. The van der Waals surface area contributed by atoms with Gasteiger partial charge < -0.3 is 31.7 Å². The number of hydrogen-bond acceptors (Lipinski definition) is 7. The van der Waals surface area contributed by atoms with Crippen LogP contribution in [0.1, 0.15) is 18.5 Å². The Bertz CT molecular complexity index is 821. The number of aromatic hydroxyl groups is 1. The maximum atomic E-state index is 12.4. The van der Waals surface area contributed by atoms with Gasteiger partial charge in [0.2, 0.25) is 5.91 Å². The first kappa shape index (κ1) is 21.3. The highest BCUT2D eigenvalue weighted by atomic mass is 32.2. The molecule has 10 heteroatoms. The molecule has 0 fully saturated rings. The molecule has 1 heterocycles. The van der Waals surface area contributed by atoms with Crippen LogP contribution in [0.3, 0.4) is 0 Å². The van der Waals surface area contributed by atoms with Gasteiger partial charge in [0.25, 0.3) is 0 Å². The highest BCUT2D eigenvalue weighted by molar-refractivity contribution is 8.00. The van der Waals surface area contributed by atoms with Gasteiger partial charge in [-0.15, -0.1) is 11.8 Å². The molecule has 0 radical (unpaired) electrons. The van der Waals surface area contributed by atoms with E-state index in [0.717, 1.165) is 0 Å². The summed E-state index contributed by atoms with van der Waals surface area (Å²) in [4.78, 5) is 35.6. The highest BCUT2D eigenvalue weighted by Crippen LogP contribution is 2.26. The van der Waals surface area contributed by atoms with E-state index in [4.69, 9.17) is 5.73 Å². The average Bonchev–Trinajstić information content (AvgIpc) is 2.66. The van der Waals surface area contributed by atoms with Crippen molar-refractivity contribution >= 4 is 29.6 Å². The topological polar surface area (TPSA) is 162 Å². The van der Waals surface area contributed by atoms with Crippen LogP contribution in [0.25, 0.3) is 0 Å². The van der Waals surface area contributed by atoms with Crippen molar-refractivity contribution in [1.29, 1.82) is 0 Å². The summed E-state index contributed by atoms with van der Waals surface area (Å²) in [5.41, 5.74) is 6.69. The third kappa shape index (κ3) is 5.05. The highest BCUT2D eigenvalue weighted by Gasteiger charge is 2.36. The van der Waals surface area contributed by atoms with Crippen LogP contribution < -0.4 is 16.4 Å². The van der Waals surface area contributed by atoms with Crippen molar-refractivity contribution in [2.75, 3.05) is 5.75 Å². The second-order valence-electron chi connectivity index (χ2n) is 5.98. The first-order valence-corrected chi connectivity index (χ1v) is 9.34. The van der Waals surface area contributed by atoms with Crippen LogP contribution in [0, 0.1) is 0 Å². The zero-order valence-corrected chi connectivity index (χ0v) is 15.8. The number of allylic oxidation sites excluding steroid dienone is 2. The van der Waals surface area contributed by atoms with Gasteiger partial charge in [-0.25, -0.2) is 9.59 Å². The number of nitrogens with two attached hydrogens (primary N) is 1. The maximum Gasteiger partial charge on any atom is 0.352 e. The molecular formula is C18H21N3O6S. The molecule has 7 N–H and O–H groups in total. The number of hydrogen-bond donors (Lipinski definition) is 6. The van der Waals surface area contributed by atoms with E-state index in [2.05, 4.69) is 10.6 Å². The predicted octanol–water partition coefficient (Wildman–Crippen LogP) is 0.539. The summed E-state index contributed by atoms with van der Waals surface area (Å²) in [6.07, 6.45) is 3.32. The van der Waals surface area contributed by atoms with Gasteiger partial charge in [-0.1, -0.05) is 24.3 Å². The molecule has 0 saturated heterocycles. The van der Waals surface area contributed by atoms with Crippen molar-refractivity contribution in [2.45, 2.75) is 24.4 Å². The van der Waals surface area contributed by atoms with Crippen LogP contribution in [-0.2, 0) is 14.4 Å². The number of carboxylic acid groups (broad SMARTS) is 2. The smallest absolute Gasteiger partial charge is 0.352 e. The summed E-state index contributed by atoms with van der Waals surface area (Å²) >= 11 is 1.17. The molecule has 2 unspecified atom stereocenters. The fourth-order valence-corrected chi connectivity index (χ4v) is 3.76. The minimum atomic E-state index is -1.40. The van der Waals surface area contributed by atoms with Crippen LogP contribution in [0.15, 0.2) is 47.7 Å². The van der Waals surface area contributed by atoms with Gasteiger partial charge >= 0.3 is 11.9 Å². The Morgan fingerprint density at radius 3 is 2.46 bits per heavy atom. The quantitative estimate of drug-likeness (QED) is 0.379. The van der Waals surface area contributed by atoms with E-state index in [9.17, 15) is 29.7 Å². The standard InChI is InChI=1S/C18H21N3O6S/c1-2-3-10-8-28-16(21-13(10)17(24)25)14(18(26)27)20-15(23)12(19)9-4-6-11(22)7-5-9/h2-7,12,14,16,21-22H,8,19H2,1H3,(H,20,23)(H,24,25)(H,26,27)/b3-2-/t12-,14?,16?/m1/s1. The van der Waals surface area contributed by atoms with Crippen molar-refractivity contribution in [3.63, 3.8) is 0 Å². The van der Waals surface area contributed by atoms with Crippen molar-refractivity contribution < 1.29 is 29.7 Å². The first-order valence-electron chi connectivity index (χ1n) is 8.29. The van der Waals surface area contributed by atoms with Crippen molar-refractivity contribution in [1.82, 2.24) is 10.6 Å². The summed E-state index contributed by atoms with van der Waals surface area (Å²) < 4.78 is 0. The van der Waals surface area contributed by atoms with E-state index in [0.29, 0.717) is 11.1 Å². The Morgan fingerprint density at radius 1 is 1.29 bits per heavy atom. The fraction of sp³-hybridized carbons (Fsp3) is 0.278. The number of carbonyl (C=O) groups excluding carboxylic acids is 1. The Kier molecular flexibility index (Phi) is 7.07. The summed E-state index contributed by atoms with van der Waals surface area (Å²) in [7, 11) is 0. The normalized spacial score (nSPS) is 19.0. The SMILES string of the molecule is C/C=C\C1=C(C(=O)O)NC(C(NC(=O)[C@H](N)c2ccc(O)cc2)C(=O)O)SC1. The Balaban J connectivity index is 2.17. The minimum absolute atomic E-state index is 0.00694. The molecule has 0 spiro atoms. The molecule has 1 aromatic rings. The van der Waals surface area contributed by atoms with E-state index >= 15 is 0 Å². The number of benzene rings is 1. The van der Waals surface area contributed by atoms with Crippen LogP contribution in [0.5, 0.6) is 5.75 Å². The number of phenolic OH excluding ortho intramolecular Hbond substituents is 1. The zero-order chi connectivity index (χ0) is 20.8. The van der Waals surface area contributed by atoms with E-state index in [1.165, 1.54) is 36.0 Å². The van der Waals surface area contributed by atoms with Crippen molar-refractivity contribution in [2.24, 2.45) is 5.73 Å². The summed E-state index contributed by atoms with van der Waals surface area (Å²) in [6.45, 7) is 1.74. The number of aliphatic carboxylic acids is 2. The summed E-state index contributed by atoms with van der Waals surface area (Å²) in [5, 5.41) is 32.4. The Morgan fingerprint density at radius 2 is 1.93 bits per heavy atom. The number of thioether (sulfide) groups is 1. The van der Waals surface area contributed by atoms with Crippen LogP contribution in [0.4, 0.5) is 0 Å². The molecule has 0 aliphatic carbocycles. The second kappa shape index (κ2) is 9.29. The van der Waals surface area contributed by atoms with Crippen molar-refractivity contribution in [3.8, 4) is 5.75 Å². The van der Waals surface area contributed by atoms with Gasteiger partial charge in [-0.3, -0.25) is 4.79 Å². The molecule has 0 aromatic heterocycles. The molecule has 3 atom stereocenters. The number of carbonyl (C=O) groups is 3. The lowest BCUT2D eigenvalue weighted by molar-refractivity contribution is -0.142. The lowest BCUT2D eigenvalue weighted by Crippen LogP contribution is -2.56. The zero-order valence-electron chi connectivity index (χ0n) is 15.0. The van der Waals surface area contributed by atoms with Gasteiger partial charge in [0, 0.05) is 5.75 Å². The monoisotopic (exact) mass is 407 g/mol. The third-order valence-corrected chi connectivity index (χ3v) is 5.24. The summed E-state index contributed by atoms with van der Waals surface area (Å²) in [6, 6.07) is 3.09. The molecular weight excluding hydrogens is 386 g/mol. The third-order valence-electron chi connectivity index (χ3n) is 4.01. The summed E-state index contributed by atoms with van der Waals surface area (Å²) in [5.74, 6) is -2.99. The number of phenols is 1. The van der Waals surface area contributed by atoms with Crippen molar-refractivity contribution in [3.05, 3.63) is 53.3 Å².